The zero-order valence-corrected chi connectivity index (χ0v) is 16.5. The molecule has 1 fully saturated rings. The predicted molar refractivity (Wildman–Crippen MR) is 107 cm³/mol. The number of methoxy groups -OCH3 is 2. The molecule has 3 aromatic rings. The van der Waals surface area contributed by atoms with E-state index in [0.717, 1.165) is 36.4 Å². The van der Waals surface area contributed by atoms with Gasteiger partial charge in [-0.2, -0.15) is 0 Å². The summed E-state index contributed by atoms with van der Waals surface area (Å²) in [5.74, 6) is 2.51. The smallest absolute Gasteiger partial charge is 0.253 e. The fourth-order valence-corrected chi connectivity index (χ4v) is 3.55. The van der Waals surface area contributed by atoms with Crippen LogP contribution < -0.4 is 9.47 Å². The van der Waals surface area contributed by atoms with Gasteiger partial charge in [0.2, 0.25) is 11.8 Å². The molecule has 1 saturated heterocycles. The van der Waals surface area contributed by atoms with Crippen molar-refractivity contribution < 1.29 is 18.7 Å². The zero-order valence-electron chi connectivity index (χ0n) is 16.5. The van der Waals surface area contributed by atoms with Crippen LogP contribution in [0.1, 0.15) is 35.0 Å². The average Bonchev–Trinajstić information content (AvgIpc) is 3.29. The van der Waals surface area contributed by atoms with Crippen LogP contribution in [0.25, 0.3) is 11.5 Å². The van der Waals surface area contributed by atoms with E-state index in [1.54, 1.807) is 38.5 Å². The van der Waals surface area contributed by atoms with E-state index in [0.29, 0.717) is 23.9 Å². The molecule has 2 heterocycles. The van der Waals surface area contributed by atoms with Gasteiger partial charge in [0.25, 0.3) is 5.91 Å². The largest absolute Gasteiger partial charge is 0.497 e. The normalized spacial score (nSPS) is 16.5. The minimum absolute atomic E-state index is 0.00453. The third-order valence-electron chi connectivity index (χ3n) is 5.15. The molecule has 1 amide bonds. The Hall–Kier alpha value is -3.35. The average molecular weight is 393 g/mol. The van der Waals surface area contributed by atoms with E-state index in [9.17, 15) is 4.79 Å². The van der Waals surface area contributed by atoms with Gasteiger partial charge in [-0.1, -0.05) is 6.07 Å². The standard InChI is InChI=1S/C22H23N3O4/c1-27-18-10-8-15(9-11-18)22(26)25-12-4-6-17(14-25)21-24-23-20(29-21)16-5-3-7-19(13-16)28-2/h3,5,7-11,13,17H,4,6,12,14H2,1-2H3. The summed E-state index contributed by atoms with van der Waals surface area (Å²) in [5.41, 5.74) is 1.46. The van der Waals surface area contributed by atoms with E-state index in [4.69, 9.17) is 13.9 Å². The van der Waals surface area contributed by atoms with Crippen LogP contribution in [0.2, 0.25) is 0 Å². The first kappa shape index (κ1) is 19.0. The summed E-state index contributed by atoms with van der Waals surface area (Å²) in [4.78, 5) is 14.7. The van der Waals surface area contributed by atoms with Crippen molar-refractivity contribution in [2.45, 2.75) is 18.8 Å². The quantitative estimate of drug-likeness (QED) is 0.657. The van der Waals surface area contributed by atoms with Gasteiger partial charge in [0.1, 0.15) is 11.5 Å². The lowest BCUT2D eigenvalue weighted by molar-refractivity contribution is 0.0698. The Bertz CT molecular complexity index is 984. The van der Waals surface area contributed by atoms with Crippen LogP contribution in [0.5, 0.6) is 11.5 Å². The molecule has 1 unspecified atom stereocenters. The molecule has 1 aliphatic rings. The molecule has 0 saturated carbocycles. The molecular weight excluding hydrogens is 370 g/mol. The third-order valence-corrected chi connectivity index (χ3v) is 5.15. The van der Waals surface area contributed by atoms with E-state index in [1.807, 2.05) is 29.2 Å². The highest BCUT2D eigenvalue weighted by Gasteiger charge is 2.29. The number of ether oxygens (including phenoxy) is 2. The Morgan fingerprint density at radius 3 is 2.62 bits per heavy atom. The van der Waals surface area contributed by atoms with Gasteiger partial charge in [0, 0.05) is 24.2 Å². The van der Waals surface area contributed by atoms with E-state index in [-0.39, 0.29) is 11.8 Å². The maximum absolute atomic E-state index is 12.9. The molecule has 0 N–H and O–H groups in total. The number of carbonyl (C=O) groups is 1. The van der Waals surface area contributed by atoms with E-state index in [1.165, 1.54) is 0 Å². The number of nitrogens with zero attached hydrogens (tertiary/aromatic N) is 3. The second kappa shape index (κ2) is 8.34. The molecule has 29 heavy (non-hydrogen) atoms. The fourth-order valence-electron chi connectivity index (χ4n) is 3.55. The van der Waals surface area contributed by atoms with Crippen molar-refractivity contribution in [3.8, 4) is 23.0 Å². The van der Waals surface area contributed by atoms with Crippen molar-refractivity contribution in [3.05, 3.63) is 60.0 Å². The number of hydrogen-bond donors (Lipinski definition) is 0. The highest BCUT2D eigenvalue weighted by molar-refractivity contribution is 5.94. The Morgan fingerprint density at radius 2 is 1.86 bits per heavy atom. The van der Waals surface area contributed by atoms with Gasteiger partial charge >= 0.3 is 0 Å². The minimum atomic E-state index is 0.00453. The summed E-state index contributed by atoms with van der Waals surface area (Å²) in [7, 11) is 3.23. The van der Waals surface area contributed by atoms with Gasteiger partial charge in [-0.3, -0.25) is 4.79 Å². The maximum Gasteiger partial charge on any atom is 0.253 e. The second-order valence-electron chi connectivity index (χ2n) is 7.00. The van der Waals surface area contributed by atoms with E-state index < -0.39 is 0 Å². The van der Waals surface area contributed by atoms with Gasteiger partial charge < -0.3 is 18.8 Å². The highest BCUT2D eigenvalue weighted by Crippen LogP contribution is 2.30. The number of piperidine rings is 1. The lowest BCUT2D eigenvalue weighted by atomic mass is 9.97. The SMILES string of the molecule is COc1ccc(C(=O)N2CCCC(c3nnc(-c4cccc(OC)c4)o3)C2)cc1. The van der Waals surface area contributed by atoms with Crippen molar-refractivity contribution in [2.75, 3.05) is 27.3 Å². The van der Waals surface area contributed by atoms with Crippen molar-refractivity contribution in [3.63, 3.8) is 0 Å². The third kappa shape index (κ3) is 4.08. The van der Waals surface area contributed by atoms with Crippen molar-refractivity contribution in [2.24, 2.45) is 0 Å². The lowest BCUT2D eigenvalue weighted by Gasteiger charge is -2.31. The zero-order chi connectivity index (χ0) is 20.2. The van der Waals surface area contributed by atoms with Crippen LogP contribution in [0.4, 0.5) is 0 Å². The maximum atomic E-state index is 12.9. The number of hydrogen-bond acceptors (Lipinski definition) is 6. The first-order chi connectivity index (χ1) is 14.2. The Morgan fingerprint density at radius 1 is 1.07 bits per heavy atom. The molecule has 4 rings (SSSR count). The summed E-state index contributed by atoms with van der Waals surface area (Å²) < 4.78 is 16.4. The summed E-state index contributed by atoms with van der Waals surface area (Å²) in [5, 5.41) is 8.44. The molecule has 7 nitrogen and oxygen atoms in total. The van der Waals surface area contributed by atoms with Crippen LogP contribution in [-0.4, -0.2) is 48.3 Å². The molecule has 2 aromatic carbocycles. The van der Waals surface area contributed by atoms with Crippen LogP contribution in [-0.2, 0) is 0 Å². The second-order valence-corrected chi connectivity index (χ2v) is 7.00. The molecule has 0 bridgehead atoms. The molecule has 7 heteroatoms. The Balaban J connectivity index is 1.48. The molecule has 1 aliphatic heterocycles. The van der Waals surface area contributed by atoms with E-state index >= 15 is 0 Å². The molecule has 150 valence electrons. The van der Waals surface area contributed by atoms with Gasteiger partial charge in [0.15, 0.2) is 0 Å². The van der Waals surface area contributed by atoms with Gasteiger partial charge in [0.05, 0.1) is 20.1 Å². The van der Waals surface area contributed by atoms with Crippen LogP contribution in [0.15, 0.2) is 52.9 Å². The van der Waals surface area contributed by atoms with Crippen molar-refractivity contribution in [1.29, 1.82) is 0 Å². The number of carbonyl (C=O) groups excluding carboxylic acids is 1. The lowest BCUT2D eigenvalue weighted by Crippen LogP contribution is -2.39. The van der Waals surface area contributed by atoms with Crippen LogP contribution in [0.3, 0.4) is 0 Å². The molecule has 1 atom stereocenters. The number of aromatic nitrogens is 2. The fraction of sp³-hybridized carbons (Fsp3) is 0.318. The summed E-state index contributed by atoms with van der Waals surface area (Å²) in [6, 6.07) is 14.7. The topological polar surface area (TPSA) is 77.7 Å². The molecule has 0 aliphatic carbocycles. The molecule has 0 radical (unpaired) electrons. The van der Waals surface area contributed by atoms with Crippen molar-refractivity contribution in [1.82, 2.24) is 15.1 Å². The van der Waals surface area contributed by atoms with Crippen LogP contribution in [0, 0.1) is 0 Å². The highest BCUT2D eigenvalue weighted by atomic mass is 16.5. The Kier molecular flexibility index (Phi) is 5.46. The molecule has 1 aromatic heterocycles. The molecular formula is C22H23N3O4. The first-order valence-corrected chi connectivity index (χ1v) is 9.59. The Labute approximate surface area is 169 Å². The first-order valence-electron chi connectivity index (χ1n) is 9.59. The van der Waals surface area contributed by atoms with E-state index in [2.05, 4.69) is 10.2 Å². The number of rotatable bonds is 5. The number of amides is 1. The molecule has 0 spiro atoms. The minimum Gasteiger partial charge on any atom is -0.497 e. The predicted octanol–water partition coefficient (Wildman–Crippen LogP) is 3.77. The van der Waals surface area contributed by atoms with Crippen LogP contribution >= 0.6 is 0 Å². The van der Waals surface area contributed by atoms with Gasteiger partial charge in [-0.05, 0) is 55.3 Å². The number of benzene rings is 2. The van der Waals surface area contributed by atoms with Crippen molar-refractivity contribution >= 4 is 5.91 Å². The summed E-state index contributed by atoms with van der Waals surface area (Å²) in [6.07, 6.45) is 1.80. The monoisotopic (exact) mass is 393 g/mol. The van der Waals surface area contributed by atoms with Gasteiger partial charge in [-0.25, -0.2) is 0 Å². The number of likely N-dealkylation sites (tertiary alicyclic amines) is 1. The summed E-state index contributed by atoms with van der Waals surface area (Å²) >= 11 is 0. The van der Waals surface area contributed by atoms with Gasteiger partial charge in [-0.15, -0.1) is 10.2 Å². The summed E-state index contributed by atoms with van der Waals surface area (Å²) in [6.45, 7) is 1.28.